The van der Waals surface area contributed by atoms with Crippen LogP contribution < -0.4 is 15.0 Å². The lowest BCUT2D eigenvalue weighted by Crippen LogP contribution is -2.48. The lowest BCUT2D eigenvalue weighted by atomic mass is 10.1. The van der Waals surface area contributed by atoms with Crippen LogP contribution in [0.5, 0.6) is 5.88 Å². The van der Waals surface area contributed by atoms with Crippen molar-refractivity contribution < 1.29 is 14.3 Å². The van der Waals surface area contributed by atoms with Crippen LogP contribution in [0.15, 0.2) is 42.7 Å². The predicted octanol–water partition coefficient (Wildman–Crippen LogP) is 1.34. The van der Waals surface area contributed by atoms with Gasteiger partial charge in [0.05, 0.1) is 13.1 Å². The molecule has 1 aliphatic rings. The Hall–Kier alpha value is -3.16. The van der Waals surface area contributed by atoms with E-state index in [4.69, 9.17) is 4.74 Å². The molecule has 1 N–H and O–H groups in total. The molecule has 1 saturated heterocycles. The summed E-state index contributed by atoms with van der Waals surface area (Å²) in [5, 5.41) is 2.68. The number of ether oxygens (including phenoxy) is 1. The Bertz CT molecular complexity index is 812. The second-order valence-electron chi connectivity index (χ2n) is 6.85. The first-order valence-electron chi connectivity index (χ1n) is 9.30. The van der Waals surface area contributed by atoms with Gasteiger partial charge in [-0.05, 0) is 25.0 Å². The number of hydrogen-bond acceptors (Lipinski definition) is 6. The molecule has 0 aliphatic carbocycles. The van der Waals surface area contributed by atoms with Gasteiger partial charge in [-0.3, -0.25) is 9.59 Å². The first kappa shape index (κ1) is 19.6. The van der Waals surface area contributed by atoms with Crippen LogP contribution in [0.4, 0.5) is 5.82 Å². The van der Waals surface area contributed by atoms with E-state index in [1.165, 1.54) is 0 Å². The van der Waals surface area contributed by atoms with Crippen LogP contribution in [0.3, 0.4) is 0 Å². The maximum absolute atomic E-state index is 12.5. The van der Waals surface area contributed by atoms with Crippen LogP contribution in [0, 0.1) is 0 Å². The van der Waals surface area contributed by atoms with E-state index in [1.54, 1.807) is 41.6 Å². The van der Waals surface area contributed by atoms with Crippen molar-refractivity contribution in [1.29, 1.82) is 0 Å². The van der Waals surface area contributed by atoms with E-state index >= 15 is 0 Å². The van der Waals surface area contributed by atoms with Crippen LogP contribution in [0.1, 0.15) is 23.2 Å². The SMILES string of the molecule is CN(C)c1nccnc1OC1CCCN(C(=O)CNC(=O)c2ccccc2)C1. The molecule has 2 aromatic rings. The quantitative estimate of drug-likeness (QED) is 0.810. The van der Waals surface area contributed by atoms with Gasteiger partial charge < -0.3 is 19.9 Å². The summed E-state index contributed by atoms with van der Waals surface area (Å²) in [6.45, 7) is 1.08. The Kier molecular flexibility index (Phi) is 6.41. The van der Waals surface area contributed by atoms with E-state index in [-0.39, 0.29) is 24.5 Å². The van der Waals surface area contributed by atoms with E-state index in [9.17, 15) is 9.59 Å². The van der Waals surface area contributed by atoms with E-state index < -0.39 is 0 Å². The zero-order chi connectivity index (χ0) is 19.9. The number of carbonyl (C=O) groups excluding carboxylic acids is 2. The first-order chi connectivity index (χ1) is 13.5. The normalized spacial score (nSPS) is 16.4. The topological polar surface area (TPSA) is 87.7 Å². The second-order valence-corrected chi connectivity index (χ2v) is 6.85. The standard InChI is InChI=1S/C20H25N5O3/c1-24(2)18-20(22-11-10-21-18)28-16-9-6-12-25(14-16)17(26)13-23-19(27)15-7-4-3-5-8-15/h3-5,7-8,10-11,16H,6,9,12-14H2,1-2H3,(H,23,27). The van der Waals surface area contributed by atoms with Gasteiger partial charge in [0.2, 0.25) is 5.91 Å². The zero-order valence-corrected chi connectivity index (χ0v) is 16.2. The van der Waals surface area contributed by atoms with Gasteiger partial charge in [-0.15, -0.1) is 0 Å². The molecule has 8 nitrogen and oxygen atoms in total. The molecule has 2 heterocycles. The fraction of sp³-hybridized carbons (Fsp3) is 0.400. The molecule has 1 fully saturated rings. The predicted molar refractivity (Wildman–Crippen MR) is 105 cm³/mol. The Balaban J connectivity index is 1.54. The average molecular weight is 383 g/mol. The van der Waals surface area contributed by atoms with Crippen LogP contribution in [-0.4, -0.2) is 66.5 Å². The smallest absolute Gasteiger partial charge is 0.257 e. The highest BCUT2D eigenvalue weighted by Crippen LogP contribution is 2.24. The number of amides is 2. The summed E-state index contributed by atoms with van der Waals surface area (Å²) < 4.78 is 6.03. The van der Waals surface area contributed by atoms with E-state index in [2.05, 4.69) is 15.3 Å². The van der Waals surface area contributed by atoms with E-state index in [0.717, 1.165) is 12.8 Å². The largest absolute Gasteiger partial charge is 0.470 e. The lowest BCUT2D eigenvalue weighted by Gasteiger charge is -2.33. The van der Waals surface area contributed by atoms with Crippen molar-refractivity contribution in [3.8, 4) is 5.88 Å². The third kappa shape index (κ3) is 4.97. The maximum Gasteiger partial charge on any atom is 0.257 e. The van der Waals surface area contributed by atoms with Gasteiger partial charge in [0.25, 0.3) is 11.8 Å². The minimum atomic E-state index is -0.256. The molecule has 1 aromatic carbocycles. The van der Waals surface area contributed by atoms with Gasteiger partial charge in [-0.2, -0.15) is 0 Å². The van der Waals surface area contributed by atoms with Gasteiger partial charge in [0.1, 0.15) is 6.10 Å². The third-order valence-corrected chi connectivity index (χ3v) is 4.52. The average Bonchev–Trinajstić information content (AvgIpc) is 2.73. The highest BCUT2D eigenvalue weighted by molar-refractivity contribution is 5.96. The number of hydrogen-bond donors (Lipinski definition) is 1. The van der Waals surface area contributed by atoms with Gasteiger partial charge in [0.15, 0.2) is 5.82 Å². The minimum absolute atomic E-state index is 0.0332. The highest BCUT2D eigenvalue weighted by Gasteiger charge is 2.26. The summed E-state index contributed by atoms with van der Waals surface area (Å²) in [6, 6.07) is 8.85. The Morgan fingerprint density at radius 2 is 1.96 bits per heavy atom. The number of piperidine rings is 1. The fourth-order valence-corrected chi connectivity index (χ4v) is 3.09. The molecular formula is C20H25N5O3. The molecule has 1 aliphatic heterocycles. The van der Waals surface area contributed by atoms with Gasteiger partial charge in [0, 0.05) is 38.6 Å². The second kappa shape index (κ2) is 9.16. The Morgan fingerprint density at radius 1 is 1.21 bits per heavy atom. The number of aromatic nitrogens is 2. The van der Waals surface area contributed by atoms with Crippen molar-refractivity contribution in [3.05, 3.63) is 48.3 Å². The van der Waals surface area contributed by atoms with Crippen molar-refractivity contribution in [3.63, 3.8) is 0 Å². The van der Waals surface area contributed by atoms with E-state index in [0.29, 0.717) is 30.4 Å². The highest BCUT2D eigenvalue weighted by atomic mass is 16.5. The molecule has 28 heavy (non-hydrogen) atoms. The maximum atomic E-state index is 12.5. The van der Waals surface area contributed by atoms with Gasteiger partial charge in [-0.1, -0.05) is 18.2 Å². The number of anilines is 1. The zero-order valence-electron chi connectivity index (χ0n) is 16.2. The summed E-state index contributed by atoms with van der Waals surface area (Å²) in [5.74, 6) is 0.740. The Labute approximate surface area is 164 Å². The third-order valence-electron chi connectivity index (χ3n) is 4.52. The first-order valence-corrected chi connectivity index (χ1v) is 9.30. The summed E-state index contributed by atoms with van der Waals surface area (Å²) in [4.78, 5) is 36.8. The number of likely N-dealkylation sites (tertiary alicyclic amines) is 1. The van der Waals surface area contributed by atoms with Crippen molar-refractivity contribution in [1.82, 2.24) is 20.2 Å². The molecule has 0 saturated carbocycles. The Morgan fingerprint density at radius 3 is 2.71 bits per heavy atom. The van der Waals surface area contributed by atoms with Gasteiger partial charge >= 0.3 is 0 Å². The molecule has 0 bridgehead atoms. The van der Waals surface area contributed by atoms with E-state index in [1.807, 2.05) is 25.1 Å². The monoisotopic (exact) mass is 383 g/mol. The number of rotatable bonds is 6. The fourth-order valence-electron chi connectivity index (χ4n) is 3.09. The molecule has 8 heteroatoms. The summed E-state index contributed by atoms with van der Waals surface area (Å²) in [5.41, 5.74) is 0.536. The molecule has 1 atom stereocenters. The molecular weight excluding hydrogens is 358 g/mol. The molecule has 1 aromatic heterocycles. The number of nitrogens with one attached hydrogen (secondary N) is 1. The summed E-state index contributed by atoms with van der Waals surface area (Å²) in [7, 11) is 3.76. The molecule has 3 rings (SSSR count). The van der Waals surface area contributed by atoms with Crippen LogP contribution >= 0.6 is 0 Å². The van der Waals surface area contributed by atoms with Crippen molar-refractivity contribution in [2.75, 3.05) is 38.6 Å². The number of carbonyl (C=O) groups is 2. The van der Waals surface area contributed by atoms with Crippen LogP contribution in [0.2, 0.25) is 0 Å². The minimum Gasteiger partial charge on any atom is -0.470 e. The van der Waals surface area contributed by atoms with Crippen LogP contribution in [0.25, 0.3) is 0 Å². The number of benzene rings is 1. The summed E-state index contributed by atoms with van der Waals surface area (Å²) >= 11 is 0. The van der Waals surface area contributed by atoms with Crippen molar-refractivity contribution in [2.45, 2.75) is 18.9 Å². The van der Waals surface area contributed by atoms with Crippen molar-refractivity contribution in [2.24, 2.45) is 0 Å². The molecule has 0 spiro atoms. The van der Waals surface area contributed by atoms with Gasteiger partial charge in [-0.25, -0.2) is 9.97 Å². The van der Waals surface area contributed by atoms with Crippen LogP contribution in [-0.2, 0) is 4.79 Å². The summed E-state index contributed by atoms with van der Waals surface area (Å²) in [6.07, 6.45) is 4.73. The molecule has 0 radical (unpaired) electrons. The number of nitrogens with zero attached hydrogens (tertiary/aromatic N) is 4. The molecule has 1 unspecified atom stereocenters. The molecule has 148 valence electrons. The van der Waals surface area contributed by atoms with Crippen molar-refractivity contribution >= 4 is 17.6 Å². The molecule has 2 amide bonds. The lowest BCUT2D eigenvalue weighted by molar-refractivity contribution is -0.132.